The third kappa shape index (κ3) is 4.06. The summed E-state index contributed by atoms with van der Waals surface area (Å²) in [6, 6.07) is 16.5. The van der Waals surface area contributed by atoms with Crippen molar-refractivity contribution in [3.05, 3.63) is 60.4 Å². The van der Waals surface area contributed by atoms with Gasteiger partial charge in [-0.1, -0.05) is 30.3 Å². The highest BCUT2D eigenvalue weighted by Gasteiger charge is 2.50. The van der Waals surface area contributed by atoms with Gasteiger partial charge in [0.2, 0.25) is 5.91 Å². The molecule has 1 aliphatic carbocycles. The Bertz CT molecular complexity index is 1380. The topological polar surface area (TPSA) is 75.4 Å². The number of hydrogen-bond acceptors (Lipinski definition) is 5. The zero-order valence-electron chi connectivity index (χ0n) is 20.9. The van der Waals surface area contributed by atoms with Gasteiger partial charge in [-0.15, -0.1) is 0 Å². The first-order valence-corrected chi connectivity index (χ1v) is 13.5. The van der Waals surface area contributed by atoms with Crippen LogP contribution in [0.15, 0.2) is 64.2 Å². The van der Waals surface area contributed by atoms with Gasteiger partial charge in [-0.25, -0.2) is 0 Å². The maximum absolute atomic E-state index is 13.8. The third-order valence-corrected chi connectivity index (χ3v) is 8.43. The second-order valence-corrected chi connectivity index (χ2v) is 11.0. The van der Waals surface area contributed by atoms with Crippen molar-refractivity contribution in [1.29, 1.82) is 0 Å². The number of carbonyl (C=O) groups is 2. The SMILES string of the molecule is O=C(C1CC1)N1CCC(CN2C(=O)C3(CCOCC3)N=C2c2ccc(-c3ccc4occc4c3)cc2)C1. The molecule has 1 unspecified atom stereocenters. The second-order valence-electron chi connectivity index (χ2n) is 11.0. The summed E-state index contributed by atoms with van der Waals surface area (Å²) in [5, 5.41) is 1.07. The molecule has 0 radical (unpaired) electrons. The summed E-state index contributed by atoms with van der Waals surface area (Å²) in [6.07, 6.45) is 5.92. The molecule has 7 rings (SSSR count). The number of benzene rings is 2. The summed E-state index contributed by atoms with van der Waals surface area (Å²) in [5.74, 6) is 1.66. The normalized spacial score (nSPS) is 23.3. The number of amidine groups is 1. The molecule has 1 aromatic heterocycles. The fraction of sp³-hybridized carbons (Fsp3) is 0.433. The Labute approximate surface area is 216 Å². The van der Waals surface area contributed by atoms with Gasteiger partial charge in [-0.05, 0) is 54.5 Å². The van der Waals surface area contributed by atoms with Crippen LogP contribution in [0.5, 0.6) is 0 Å². The maximum atomic E-state index is 13.8. The molecule has 1 atom stereocenters. The average molecular weight is 498 g/mol. The van der Waals surface area contributed by atoms with Crippen LogP contribution >= 0.6 is 0 Å². The Morgan fingerprint density at radius 2 is 1.73 bits per heavy atom. The van der Waals surface area contributed by atoms with Crippen LogP contribution in [0.25, 0.3) is 22.1 Å². The number of amides is 2. The molecule has 7 nitrogen and oxygen atoms in total. The first-order chi connectivity index (χ1) is 18.1. The van der Waals surface area contributed by atoms with Crippen LogP contribution < -0.4 is 0 Å². The molecule has 0 bridgehead atoms. The lowest BCUT2D eigenvalue weighted by molar-refractivity contribution is -0.134. The van der Waals surface area contributed by atoms with E-state index in [-0.39, 0.29) is 17.7 Å². The van der Waals surface area contributed by atoms with E-state index in [9.17, 15) is 9.59 Å². The molecule has 3 aromatic rings. The van der Waals surface area contributed by atoms with Crippen molar-refractivity contribution in [2.45, 2.75) is 37.6 Å². The van der Waals surface area contributed by atoms with Crippen LogP contribution in [-0.2, 0) is 14.3 Å². The lowest BCUT2D eigenvalue weighted by Gasteiger charge is -2.30. The Balaban J connectivity index is 1.16. The summed E-state index contributed by atoms with van der Waals surface area (Å²) in [7, 11) is 0. The molecule has 2 amide bonds. The lowest BCUT2D eigenvalue weighted by Crippen LogP contribution is -2.47. The van der Waals surface area contributed by atoms with Gasteiger partial charge < -0.3 is 14.1 Å². The molecule has 1 spiro atoms. The fourth-order valence-electron chi connectivity index (χ4n) is 6.07. The molecule has 37 heavy (non-hydrogen) atoms. The first-order valence-electron chi connectivity index (χ1n) is 13.5. The van der Waals surface area contributed by atoms with E-state index in [1.165, 1.54) is 0 Å². The summed E-state index contributed by atoms with van der Waals surface area (Å²) >= 11 is 0. The molecule has 2 aromatic carbocycles. The number of aliphatic imine (C=N–C) groups is 1. The van der Waals surface area contributed by atoms with Crippen LogP contribution in [0.4, 0.5) is 0 Å². The minimum atomic E-state index is -0.722. The van der Waals surface area contributed by atoms with Gasteiger partial charge in [-0.3, -0.25) is 19.5 Å². The van der Waals surface area contributed by atoms with Gasteiger partial charge in [-0.2, -0.15) is 0 Å². The molecule has 4 aliphatic rings. The minimum absolute atomic E-state index is 0.0901. The number of fused-ring (bicyclic) bond motifs is 1. The summed E-state index contributed by atoms with van der Waals surface area (Å²) in [4.78, 5) is 35.5. The fourth-order valence-corrected chi connectivity index (χ4v) is 6.07. The molecule has 3 aliphatic heterocycles. The third-order valence-electron chi connectivity index (χ3n) is 8.43. The van der Waals surface area contributed by atoms with Crippen molar-refractivity contribution in [3.8, 4) is 11.1 Å². The van der Waals surface area contributed by atoms with E-state index in [1.807, 2.05) is 21.9 Å². The molecular weight excluding hydrogens is 466 g/mol. The van der Waals surface area contributed by atoms with E-state index in [0.717, 1.165) is 65.8 Å². The number of nitrogens with zero attached hydrogens (tertiary/aromatic N) is 3. The Morgan fingerprint density at radius 1 is 0.973 bits per heavy atom. The standard InChI is InChI=1S/C30H31N3O4/c34-28(23-5-6-23)32-13-9-20(18-32)19-33-27(31-30(29(33)35)11-15-36-16-12-30)22-3-1-21(2-4-22)24-7-8-26-25(17-24)10-14-37-26/h1-4,7-8,10,14,17,20,23H,5-6,9,11-13,15-16,18-19H2. The zero-order valence-corrected chi connectivity index (χ0v) is 20.9. The average Bonchev–Trinajstić information content (AvgIpc) is 3.40. The number of carbonyl (C=O) groups excluding carboxylic acids is 2. The number of rotatable bonds is 5. The van der Waals surface area contributed by atoms with Crippen molar-refractivity contribution < 1.29 is 18.7 Å². The molecule has 7 heteroatoms. The minimum Gasteiger partial charge on any atom is -0.464 e. The molecule has 1 saturated carbocycles. The largest absolute Gasteiger partial charge is 0.464 e. The van der Waals surface area contributed by atoms with Gasteiger partial charge in [0.15, 0.2) is 0 Å². The van der Waals surface area contributed by atoms with Gasteiger partial charge in [0.1, 0.15) is 17.0 Å². The van der Waals surface area contributed by atoms with Crippen molar-refractivity contribution in [1.82, 2.24) is 9.80 Å². The highest BCUT2D eigenvalue weighted by molar-refractivity contribution is 6.15. The van der Waals surface area contributed by atoms with Crippen molar-refractivity contribution in [3.63, 3.8) is 0 Å². The van der Waals surface area contributed by atoms with Crippen LogP contribution in [0, 0.1) is 11.8 Å². The summed E-state index contributed by atoms with van der Waals surface area (Å²) < 4.78 is 11.1. The van der Waals surface area contributed by atoms with Crippen LogP contribution in [0.1, 0.15) is 37.7 Å². The highest BCUT2D eigenvalue weighted by Crippen LogP contribution is 2.37. The summed E-state index contributed by atoms with van der Waals surface area (Å²) in [5.41, 5.74) is 3.33. The molecule has 3 fully saturated rings. The van der Waals surface area contributed by atoms with E-state index in [2.05, 4.69) is 36.4 Å². The molecule has 0 N–H and O–H groups in total. The zero-order chi connectivity index (χ0) is 25.0. The predicted octanol–water partition coefficient (Wildman–Crippen LogP) is 4.50. The maximum Gasteiger partial charge on any atom is 0.256 e. The number of likely N-dealkylation sites (tertiary alicyclic amines) is 1. The predicted molar refractivity (Wildman–Crippen MR) is 140 cm³/mol. The van der Waals surface area contributed by atoms with Gasteiger partial charge in [0, 0.05) is 62.6 Å². The van der Waals surface area contributed by atoms with Crippen LogP contribution in [-0.4, -0.2) is 65.8 Å². The molecule has 4 heterocycles. The van der Waals surface area contributed by atoms with Gasteiger partial charge >= 0.3 is 0 Å². The molecule has 2 saturated heterocycles. The van der Waals surface area contributed by atoms with E-state index in [0.29, 0.717) is 38.5 Å². The smallest absolute Gasteiger partial charge is 0.256 e. The van der Waals surface area contributed by atoms with Crippen molar-refractivity contribution in [2.75, 3.05) is 32.8 Å². The first kappa shape index (κ1) is 22.7. The quantitative estimate of drug-likeness (QED) is 0.520. The highest BCUT2D eigenvalue weighted by atomic mass is 16.5. The van der Waals surface area contributed by atoms with E-state index >= 15 is 0 Å². The van der Waals surface area contributed by atoms with Crippen LogP contribution in [0.3, 0.4) is 0 Å². The van der Waals surface area contributed by atoms with Gasteiger partial charge in [0.05, 0.1) is 6.26 Å². The Morgan fingerprint density at radius 3 is 2.51 bits per heavy atom. The van der Waals surface area contributed by atoms with Crippen molar-refractivity contribution in [2.24, 2.45) is 16.8 Å². The van der Waals surface area contributed by atoms with E-state index < -0.39 is 5.54 Å². The lowest BCUT2D eigenvalue weighted by atomic mass is 9.90. The van der Waals surface area contributed by atoms with Crippen LogP contribution in [0.2, 0.25) is 0 Å². The monoisotopic (exact) mass is 497 g/mol. The number of ether oxygens (including phenoxy) is 1. The molecule has 190 valence electrons. The van der Waals surface area contributed by atoms with E-state index in [4.69, 9.17) is 14.1 Å². The van der Waals surface area contributed by atoms with Gasteiger partial charge in [0.25, 0.3) is 5.91 Å². The van der Waals surface area contributed by atoms with Crippen molar-refractivity contribution >= 4 is 28.6 Å². The molecular formula is C30H31N3O4. The number of hydrogen-bond donors (Lipinski definition) is 0. The second kappa shape index (κ2) is 8.84. The van der Waals surface area contributed by atoms with E-state index in [1.54, 1.807) is 6.26 Å². The Hall–Kier alpha value is -3.45. The number of furan rings is 1. The Kier molecular flexibility index (Phi) is 5.43. The summed E-state index contributed by atoms with van der Waals surface area (Å²) in [6.45, 7) is 3.24.